The summed E-state index contributed by atoms with van der Waals surface area (Å²) >= 11 is 0. The van der Waals surface area contributed by atoms with Crippen molar-refractivity contribution in [1.29, 1.82) is 0 Å². The van der Waals surface area contributed by atoms with E-state index in [9.17, 15) is 18.9 Å². The summed E-state index contributed by atoms with van der Waals surface area (Å²) in [6.45, 7) is 7.36. The molecule has 0 radical (unpaired) electrons. The lowest BCUT2D eigenvalue weighted by Crippen LogP contribution is -2.65. The van der Waals surface area contributed by atoms with Gasteiger partial charge in [-0.1, -0.05) is 18.2 Å². The highest BCUT2D eigenvalue weighted by atomic mass is 19.3. The van der Waals surface area contributed by atoms with Crippen molar-refractivity contribution in [2.75, 3.05) is 62.3 Å². The molecule has 1 N–H and O–H groups in total. The molecule has 3 aromatic rings. The summed E-state index contributed by atoms with van der Waals surface area (Å²) in [5.74, 6) is 0.996. The molecule has 11 nitrogen and oxygen atoms in total. The van der Waals surface area contributed by atoms with Crippen molar-refractivity contribution >= 4 is 29.1 Å². The molecule has 10 rings (SSSR count). The van der Waals surface area contributed by atoms with Crippen LogP contribution in [0.3, 0.4) is 0 Å². The van der Waals surface area contributed by atoms with Crippen LogP contribution in [0.25, 0.3) is 0 Å². The molecule has 54 heavy (non-hydrogen) atoms. The second-order valence-corrected chi connectivity index (χ2v) is 16.5. The number of aryl methyl sites for hydroxylation is 1. The van der Waals surface area contributed by atoms with Crippen LogP contribution >= 0.6 is 0 Å². The lowest BCUT2D eigenvalue weighted by atomic mass is 9.78. The van der Waals surface area contributed by atoms with Crippen molar-refractivity contribution in [3.05, 3.63) is 82.4 Å². The minimum atomic E-state index is -0.625. The maximum Gasteiger partial charge on any atom is 0.255 e. The van der Waals surface area contributed by atoms with Gasteiger partial charge in [0.15, 0.2) is 5.75 Å². The molecule has 3 amide bonds. The third kappa shape index (κ3) is 5.89. The fourth-order valence-corrected chi connectivity index (χ4v) is 10.3. The van der Waals surface area contributed by atoms with E-state index < -0.39 is 11.9 Å². The largest absolute Gasteiger partial charge is 0.489 e. The fraction of sp³-hybridized carbons (Fsp3) is 0.500. The Morgan fingerprint density at radius 1 is 0.907 bits per heavy atom. The number of anilines is 2. The van der Waals surface area contributed by atoms with Crippen molar-refractivity contribution in [2.45, 2.75) is 75.1 Å². The summed E-state index contributed by atoms with van der Waals surface area (Å²) in [5.41, 5.74) is 7.49. The first-order valence-corrected chi connectivity index (χ1v) is 19.7. The van der Waals surface area contributed by atoms with Crippen LogP contribution in [0.5, 0.6) is 11.5 Å². The lowest BCUT2D eigenvalue weighted by Gasteiger charge is -2.54. The second-order valence-electron chi connectivity index (χ2n) is 16.5. The normalized spacial score (nSPS) is 27.4. The van der Waals surface area contributed by atoms with E-state index in [1.807, 2.05) is 18.2 Å². The van der Waals surface area contributed by atoms with Crippen LogP contribution in [0.15, 0.2) is 54.6 Å². The first kappa shape index (κ1) is 33.9. The van der Waals surface area contributed by atoms with Crippen LogP contribution < -0.4 is 24.8 Å². The van der Waals surface area contributed by atoms with Crippen molar-refractivity contribution in [3.63, 3.8) is 0 Å². The predicted octanol–water partition coefficient (Wildman–Crippen LogP) is 4.75. The number of hydrogen-bond acceptors (Lipinski definition) is 9. The monoisotopic (exact) mass is 735 g/mol. The zero-order valence-electron chi connectivity index (χ0n) is 30.4. The minimum absolute atomic E-state index is 0.0528. The number of nitrogens with zero attached hydrogens (tertiary/aromatic N) is 4. The van der Waals surface area contributed by atoms with Gasteiger partial charge in [0.25, 0.3) is 5.91 Å². The van der Waals surface area contributed by atoms with Crippen LogP contribution in [-0.2, 0) is 27.3 Å². The van der Waals surface area contributed by atoms with Gasteiger partial charge in [0, 0.05) is 73.9 Å². The van der Waals surface area contributed by atoms with E-state index in [0.29, 0.717) is 37.0 Å². The van der Waals surface area contributed by atoms with Crippen molar-refractivity contribution < 1.29 is 33.3 Å². The first-order valence-electron chi connectivity index (χ1n) is 19.7. The smallest absolute Gasteiger partial charge is 0.255 e. The molecule has 1 aliphatic carbocycles. The van der Waals surface area contributed by atoms with Gasteiger partial charge >= 0.3 is 0 Å². The van der Waals surface area contributed by atoms with E-state index in [-0.39, 0.29) is 35.6 Å². The van der Waals surface area contributed by atoms with Gasteiger partial charge in [0.2, 0.25) is 11.8 Å². The van der Waals surface area contributed by atoms with Crippen molar-refractivity contribution in [1.82, 2.24) is 15.1 Å². The summed E-state index contributed by atoms with van der Waals surface area (Å²) in [6, 6.07) is 18.1. The molecule has 282 valence electrons. The lowest BCUT2D eigenvalue weighted by molar-refractivity contribution is -0.136. The Kier molecular flexibility index (Phi) is 8.32. The van der Waals surface area contributed by atoms with E-state index in [0.717, 1.165) is 95.0 Å². The summed E-state index contributed by atoms with van der Waals surface area (Å²) in [5, 5.41) is 2.38. The number of carbonyl (C=O) groups excluding carboxylic acids is 3. The fourth-order valence-electron chi connectivity index (χ4n) is 10.3. The van der Waals surface area contributed by atoms with Gasteiger partial charge in [-0.05, 0) is 103 Å². The Labute approximate surface area is 314 Å². The molecular weight excluding hydrogens is 689 g/mol. The highest BCUT2D eigenvalue weighted by Gasteiger charge is 2.47. The number of hydrogen-bond donors (Lipinski definition) is 1. The second kappa shape index (κ2) is 13.3. The highest BCUT2D eigenvalue weighted by Crippen LogP contribution is 2.43. The minimum Gasteiger partial charge on any atom is -0.489 e. The molecule has 4 fully saturated rings. The van der Waals surface area contributed by atoms with Gasteiger partial charge in [-0.25, -0.2) is 0 Å². The molecule has 0 aromatic heterocycles. The predicted molar refractivity (Wildman–Crippen MR) is 199 cm³/mol. The zero-order valence-corrected chi connectivity index (χ0v) is 30.4. The molecule has 3 aromatic carbocycles. The number of imide groups is 1. The summed E-state index contributed by atoms with van der Waals surface area (Å²) in [4.78, 5) is 50.6. The van der Waals surface area contributed by atoms with E-state index in [4.69, 9.17) is 9.47 Å². The molecule has 0 bridgehead atoms. The maximum absolute atomic E-state index is 13.3. The van der Waals surface area contributed by atoms with E-state index in [1.165, 1.54) is 22.4 Å². The van der Waals surface area contributed by atoms with Crippen LogP contribution in [0.1, 0.15) is 77.1 Å². The van der Waals surface area contributed by atoms with Gasteiger partial charge in [-0.3, -0.25) is 29.5 Å². The summed E-state index contributed by atoms with van der Waals surface area (Å²) < 4.78 is 25.7. The van der Waals surface area contributed by atoms with Crippen LogP contribution in [0.2, 0.25) is 0 Å². The molecule has 7 aliphatic rings. The topological polar surface area (TPSA) is 104 Å². The number of ether oxygens (including phenoxy) is 2. The van der Waals surface area contributed by atoms with Crippen molar-refractivity contribution in [2.24, 2.45) is 5.92 Å². The van der Waals surface area contributed by atoms with Gasteiger partial charge in [-0.2, -0.15) is 0 Å². The Morgan fingerprint density at radius 3 is 2.57 bits per heavy atom. The third-order valence-electron chi connectivity index (χ3n) is 13.2. The van der Waals surface area contributed by atoms with E-state index >= 15 is 0 Å². The quantitative estimate of drug-likeness (QED) is 0.360. The third-order valence-corrected chi connectivity index (χ3v) is 13.2. The standard InChI is InChI=1S/C42H46FN5O6/c43-54-32-8-9-34-28(16-32)2-1-3-33(34)27-4-6-30(7-5-27)46-24-42(25-46)13-12-26(22-53-42)19-45-14-15-47-31(21-45)23-52-38-18-35-29(17-37(38)47)20-48(41(35)51)36-10-11-39(49)44-40(36)50/h4-9,16-18,26,31,33,36H,1-3,10-15,19-25H2,(H,44,49,50)/t26?,31-,33+,36?/m0/s1. The Hall–Kier alpha value is -4.68. The Bertz CT molecular complexity index is 1990. The maximum atomic E-state index is 13.3. The van der Waals surface area contributed by atoms with Crippen LogP contribution in [0, 0.1) is 5.92 Å². The molecular formula is C42H46FN5O6. The zero-order chi connectivity index (χ0) is 36.6. The number of amides is 3. The molecule has 4 saturated heterocycles. The van der Waals surface area contributed by atoms with E-state index in [2.05, 4.69) is 55.3 Å². The molecule has 6 aliphatic heterocycles. The van der Waals surface area contributed by atoms with Crippen LogP contribution in [-0.4, -0.2) is 97.7 Å². The Balaban J connectivity index is 0.712. The molecule has 12 heteroatoms. The number of benzene rings is 3. The van der Waals surface area contributed by atoms with Gasteiger partial charge in [-0.15, -0.1) is 0 Å². The molecule has 0 saturated carbocycles. The number of nitrogens with one attached hydrogen (secondary N) is 1. The number of rotatable bonds is 6. The number of carbonyl (C=O) groups is 3. The average molecular weight is 736 g/mol. The molecule has 2 unspecified atom stereocenters. The highest BCUT2D eigenvalue weighted by molar-refractivity contribution is 6.06. The number of halogens is 1. The summed E-state index contributed by atoms with van der Waals surface area (Å²) in [6.07, 6.45) is 5.98. The Morgan fingerprint density at radius 2 is 1.78 bits per heavy atom. The van der Waals surface area contributed by atoms with Crippen molar-refractivity contribution in [3.8, 4) is 11.5 Å². The van der Waals surface area contributed by atoms with Gasteiger partial charge in [0.1, 0.15) is 24.0 Å². The van der Waals surface area contributed by atoms with Crippen LogP contribution in [0.4, 0.5) is 15.9 Å². The molecule has 4 atom stereocenters. The number of piperazine rings is 1. The summed E-state index contributed by atoms with van der Waals surface area (Å²) in [7, 11) is 0. The first-order chi connectivity index (χ1) is 26.3. The number of piperidine rings is 1. The number of fused-ring (bicyclic) bond motifs is 5. The van der Waals surface area contributed by atoms with E-state index in [1.54, 1.807) is 11.0 Å². The molecule has 1 spiro atoms. The van der Waals surface area contributed by atoms with Gasteiger partial charge < -0.3 is 24.2 Å². The average Bonchev–Trinajstić information content (AvgIpc) is 3.50. The SMILES string of the molecule is O=C1CCC(N2Cc3cc4c(cc3C2=O)OC[C@@H]2CN(CC3CCC5(CN(c6ccc([C@H]7CCCc8cc(OF)ccc87)cc6)C5)OC3)CCN42)C(=O)N1. The molecule has 6 heterocycles. The van der Waals surface area contributed by atoms with Gasteiger partial charge in [0.05, 0.1) is 18.3 Å².